The second-order valence-electron chi connectivity index (χ2n) is 5.96. The molecule has 0 radical (unpaired) electrons. The molecular weight excluding hydrogens is 300 g/mol. The Kier molecular flexibility index (Phi) is 4.89. The van der Waals surface area contributed by atoms with E-state index in [2.05, 4.69) is 34.5 Å². The fraction of sp³-hybridized carbons (Fsp3) is 0.316. The van der Waals surface area contributed by atoms with Crippen molar-refractivity contribution in [1.82, 2.24) is 14.6 Å². The number of nitrogens with zero attached hydrogens (tertiary/aromatic N) is 3. The van der Waals surface area contributed by atoms with E-state index >= 15 is 0 Å². The highest BCUT2D eigenvalue weighted by molar-refractivity contribution is 6.09. The Balaban J connectivity index is 1.73. The molecule has 124 valence electrons. The van der Waals surface area contributed by atoms with Gasteiger partial charge in [-0.1, -0.05) is 31.9 Å². The number of carbonyl (C=O) groups excluding carboxylic acids is 1. The van der Waals surface area contributed by atoms with Gasteiger partial charge in [0.1, 0.15) is 5.56 Å². The van der Waals surface area contributed by atoms with E-state index < -0.39 is 0 Å². The number of rotatable bonds is 6. The number of hydrogen-bond acceptors (Lipinski definition) is 3. The van der Waals surface area contributed by atoms with Crippen LogP contribution in [0.25, 0.3) is 5.65 Å². The normalized spacial score (nSPS) is 10.9. The third-order valence-electron chi connectivity index (χ3n) is 4.08. The van der Waals surface area contributed by atoms with Crippen LogP contribution in [0.1, 0.15) is 47.8 Å². The van der Waals surface area contributed by atoms with Crippen molar-refractivity contribution in [3.05, 3.63) is 59.5 Å². The molecule has 3 aromatic rings. The van der Waals surface area contributed by atoms with Crippen molar-refractivity contribution in [1.29, 1.82) is 0 Å². The lowest BCUT2D eigenvalue weighted by atomic mass is 10.1. The maximum atomic E-state index is 12.6. The van der Waals surface area contributed by atoms with E-state index in [1.807, 2.05) is 19.1 Å². The number of nitrogens with one attached hydrogen (secondary N) is 1. The Hall–Kier alpha value is -2.69. The average Bonchev–Trinajstić information content (AvgIpc) is 2.92. The Morgan fingerprint density at radius 1 is 1.21 bits per heavy atom. The van der Waals surface area contributed by atoms with Crippen molar-refractivity contribution >= 4 is 17.2 Å². The standard InChI is InChI=1S/C19H22N4O/c1-3-4-5-7-15-8-10-16(11-9-15)21-19(24)17-14(2)22-23-13-6-12-20-18(17)23/h6,8-13H,3-5,7H2,1-2H3,(H,21,24). The molecule has 0 spiro atoms. The van der Waals surface area contributed by atoms with Gasteiger partial charge in [-0.25, -0.2) is 9.50 Å². The zero-order valence-corrected chi connectivity index (χ0v) is 14.1. The SMILES string of the molecule is CCCCCc1ccc(NC(=O)c2c(C)nn3cccnc23)cc1. The van der Waals surface area contributed by atoms with Crippen LogP contribution in [0.3, 0.4) is 0 Å². The summed E-state index contributed by atoms with van der Waals surface area (Å²) in [5, 5.41) is 7.26. The van der Waals surface area contributed by atoms with Crippen LogP contribution in [0.15, 0.2) is 42.7 Å². The molecule has 2 heterocycles. The number of hydrogen-bond donors (Lipinski definition) is 1. The molecule has 1 aromatic carbocycles. The molecule has 2 aromatic heterocycles. The van der Waals surface area contributed by atoms with Crippen LogP contribution < -0.4 is 5.32 Å². The zero-order chi connectivity index (χ0) is 16.9. The average molecular weight is 322 g/mol. The lowest BCUT2D eigenvalue weighted by Gasteiger charge is -2.06. The van der Waals surface area contributed by atoms with Gasteiger partial charge in [0.2, 0.25) is 0 Å². The molecule has 5 heteroatoms. The molecule has 0 unspecified atom stereocenters. The molecule has 1 amide bonds. The van der Waals surface area contributed by atoms with Gasteiger partial charge in [0.25, 0.3) is 5.91 Å². The van der Waals surface area contributed by atoms with Crippen molar-refractivity contribution in [2.75, 3.05) is 5.32 Å². The van der Waals surface area contributed by atoms with E-state index in [1.54, 1.807) is 23.0 Å². The molecule has 0 saturated heterocycles. The first kappa shape index (κ1) is 16.2. The van der Waals surface area contributed by atoms with Gasteiger partial charge < -0.3 is 5.32 Å². The lowest BCUT2D eigenvalue weighted by molar-refractivity contribution is 0.102. The predicted octanol–water partition coefficient (Wildman–Crippen LogP) is 4.02. The van der Waals surface area contributed by atoms with Crippen LogP contribution in [0.2, 0.25) is 0 Å². The van der Waals surface area contributed by atoms with Gasteiger partial charge in [-0.3, -0.25) is 4.79 Å². The highest BCUT2D eigenvalue weighted by Gasteiger charge is 2.18. The van der Waals surface area contributed by atoms with Crippen LogP contribution in [0.5, 0.6) is 0 Å². The summed E-state index contributed by atoms with van der Waals surface area (Å²) in [5.74, 6) is -0.181. The summed E-state index contributed by atoms with van der Waals surface area (Å²) in [6.45, 7) is 4.02. The number of aromatic nitrogens is 3. The van der Waals surface area contributed by atoms with E-state index in [0.29, 0.717) is 16.9 Å². The highest BCUT2D eigenvalue weighted by Crippen LogP contribution is 2.17. The van der Waals surface area contributed by atoms with Crippen molar-refractivity contribution in [3.63, 3.8) is 0 Å². The van der Waals surface area contributed by atoms with Crippen molar-refractivity contribution in [2.24, 2.45) is 0 Å². The number of aryl methyl sites for hydroxylation is 2. The van der Waals surface area contributed by atoms with Gasteiger partial charge in [-0.2, -0.15) is 5.10 Å². The first-order chi connectivity index (χ1) is 11.7. The maximum absolute atomic E-state index is 12.6. The Morgan fingerprint density at radius 2 is 2.00 bits per heavy atom. The monoisotopic (exact) mass is 322 g/mol. The first-order valence-electron chi connectivity index (χ1n) is 8.39. The Morgan fingerprint density at radius 3 is 2.75 bits per heavy atom. The van der Waals surface area contributed by atoms with Crippen molar-refractivity contribution in [3.8, 4) is 0 Å². The van der Waals surface area contributed by atoms with E-state index in [4.69, 9.17) is 0 Å². The Labute approximate surface area is 141 Å². The van der Waals surface area contributed by atoms with Gasteiger partial charge in [-0.15, -0.1) is 0 Å². The summed E-state index contributed by atoms with van der Waals surface area (Å²) >= 11 is 0. The summed E-state index contributed by atoms with van der Waals surface area (Å²) in [6.07, 6.45) is 8.21. The molecule has 5 nitrogen and oxygen atoms in total. The minimum Gasteiger partial charge on any atom is -0.322 e. The largest absolute Gasteiger partial charge is 0.322 e. The minimum atomic E-state index is -0.181. The summed E-state index contributed by atoms with van der Waals surface area (Å²) in [7, 11) is 0. The summed E-state index contributed by atoms with van der Waals surface area (Å²) < 4.78 is 1.63. The van der Waals surface area contributed by atoms with Crippen LogP contribution in [0.4, 0.5) is 5.69 Å². The van der Waals surface area contributed by atoms with E-state index in [1.165, 1.54) is 24.8 Å². The third-order valence-corrected chi connectivity index (χ3v) is 4.08. The molecule has 0 atom stereocenters. The maximum Gasteiger partial charge on any atom is 0.261 e. The summed E-state index contributed by atoms with van der Waals surface area (Å²) in [6, 6.07) is 9.85. The van der Waals surface area contributed by atoms with Crippen LogP contribution in [-0.4, -0.2) is 20.5 Å². The third kappa shape index (κ3) is 3.45. The van der Waals surface area contributed by atoms with Crippen molar-refractivity contribution < 1.29 is 4.79 Å². The number of amides is 1. The summed E-state index contributed by atoms with van der Waals surface area (Å²) in [5.41, 5.74) is 3.85. The highest BCUT2D eigenvalue weighted by atomic mass is 16.1. The molecule has 3 rings (SSSR count). The van der Waals surface area contributed by atoms with Gasteiger partial charge in [0, 0.05) is 18.1 Å². The molecule has 0 bridgehead atoms. The van der Waals surface area contributed by atoms with E-state index in [9.17, 15) is 4.79 Å². The second kappa shape index (κ2) is 7.25. The van der Waals surface area contributed by atoms with Crippen LogP contribution in [0, 0.1) is 6.92 Å². The second-order valence-corrected chi connectivity index (χ2v) is 5.96. The molecule has 1 N–H and O–H groups in total. The van der Waals surface area contributed by atoms with Gasteiger partial charge in [-0.05, 0) is 43.5 Å². The lowest BCUT2D eigenvalue weighted by Crippen LogP contribution is -2.13. The van der Waals surface area contributed by atoms with Crippen LogP contribution in [-0.2, 0) is 6.42 Å². The first-order valence-corrected chi connectivity index (χ1v) is 8.39. The van der Waals surface area contributed by atoms with Gasteiger partial charge in [0.15, 0.2) is 5.65 Å². The number of benzene rings is 1. The smallest absolute Gasteiger partial charge is 0.261 e. The van der Waals surface area contributed by atoms with E-state index in [0.717, 1.165) is 12.1 Å². The molecule has 24 heavy (non-hydrogen) atoms. The van der Waals surface area contributed by atoms with Gasteiger partial charge >= 0.3 is 0 Å². The van der Waals surface area contributed by atoms with Gasteiger partial charge in [0.05, 0.1) is 5.69 Å². The molecule has 0 saturated carbocycles. The minimum absolute atomic E-state index is 0.181. The van der Waals surface area contributed by atoms with E-state index in [-0.39, 0.29) is 5.91 Å². The van der Waals surface area contributed by atoms with Crippen LogP contribution >= 0.6 is 0 Å². The predicted molar refractivity (Wildman–Crippen MR) is 95.3 cm³/mol. The molecule has 0 aliphatic rings. The fourth-order valence-electron chi connectivity index (χ4n) is 2.79. The molecule has 0 aliphatic carbocycles. The summed E-state index contributed by atoms with van der Waals surface area (Å²) in [4.78, 5) is 16.9. The molecule has 0 aliphatic heterocycles. The fourth-order valence-corrected chi connectivity index (χ4v) is 2.79. The topological polar surface area (TPSA) is 59.3 Å². The number of carbonyl (C=O) groups is 1. The number of anilines is 1. The molecule has 0 fully saturated rings. The quantitative estimate of drug-likeness (QED) is 0.697. The van der Waals surface area contributed by atoms with Crippen molar-refractivity contribution in [2.45, 2.75) is 39.5 Å². The number of fused-ring (bicyclic) bond motifs is 1. The molecular formula is C19H22N4O. The number of unbranched alkanes of at least 4 members (excludes halogenated alkanes) is 2. The zero-order valence-electron chi connectivity index (χ0n) is 14.1. The Bertz CT molecular complexity index is 836.